The van der Waals surface area contributed by atoms with Gasteiger partial charge in [0.1, 0.15) is 0 Å². The number of ether oxygens (including phenoxy) is 1. The molecule has 1 unspecified atom stereocenters. The molecule has 1 aliphatic heterocycles. The van der Waals surface area contributed by atoms with E-state index in [-0.39, 0.29) is 12.7 Å². The molecule has 4 nitrogen and oxygen atoms in total. The third-order valence-electron chi connectivity index (χ3n) is 3.14. The molecule has 1 atom stereocenters. The minimum absolute atomic E-state index is 0.0698. The van der Waals surface area contributed by atoms with Gasteiger partial charge in [-0.1, -0.05) is 17.7 Å². The Morgan fingerprint density at radius 1 is 1.53 bits per heavy atom. The summed E-state index contributed by atoms with van der Waals surface area (Å²) in [5.41, 5.74) is 9.33. The number of nitrogens with zero attached hydrogens (tertiary/aromatic N) is 1. The Labute approximate surface area is 102 Å². The number of hydrogen-bond donors (Lipinski definition) is 2. The number of nitrogens with two attached hydrogens (primary N) is 1. The van der Waals surface area contributed by atoms with E-state index in [1.165, 1.54) is 11.3 Å². The molecular weight excluding hydrogens is 216 g/mol. The van der Waals surface area contributed by atoms with E-state index in [1.807, 2.05) is 0 Å². The van der Waals surface area contributed by atoms with Gasteiger partial charge in [-0.2, -0.15) is 0 Å². The van der Waals surface area contributed by atoms with Crippen molar-refractivity contribution in [3.05, 3.63) is 29.3 Å². The lowest BCUT2D eigenvalue weighted by Crippen LogP contribution is -2.44. The van der Waals surface area contributed by atoms with Crippen LogP contribution in [0.4, 0.5) is 5.69 Å². The third-order valence-corrected chi connectivity index (χ3v) is 3.14. The maximum atomic E-state index is 9.15. The van der Waals surface area contributed by atoms with Crippen LogP contribution in [-0.2, 0) is 11.3 Å². The van der Waals surface area contributed by atoms with Gasteiger partial charge >= 0.3 is 0 Å². The molecule has 1 fully saturated rings. The first-order chi connectivity index (χ1) is 8.24. The fraction of sp³-hybridized carbons (Fsp3) is 0.538. The first-order valence-electron chi connectivity index (χ1n) is 6.01. The highest BCUT2D eigenvalue weighted by atomic mass is 16.5. The highest BCUT2D eigenvalue weighted by molar-refractivity contribution is 5.55. The summed E-state index contributed by atoms with van der Waals surface area (Å²) in [5, 5.41) is 9.15. The molecule has 94 valence electrons. The van der Waals surface area contributed by atoms with Crippen molar-refractivity contribution < 1.29 is 9.84 Å². The van der Waals surface area contributed by atoms with Gasteiger partial charge in [0, 0.05) is 25.3 Å². The van der Waals surface area contributed by atoms with Crippen molar-refractivity contribution in [3.63, 3.8) is 0 Å². The molecule has 1 aliphatic rings. The molecule has 0 amide bonds. The normalized spacial score (nSPS) is 20.6. The second kappa shape index (κ2) is 5.49. The predicted octanol–water partition coefficient (Wildman–Crippen LogP) is 0.651. The number of aryl methyl sites for hydroxylation is 1. The van der Waals surface area contributed by atoms with Crippen molar-refractivity contribution in [2.24, 2.45) is 5.73 Å². The van der Waals surface area contributed by atoms with Gasteiger partial charge in [-0.25, -0.2) is 0 Å². The number of benzene rings is 1. The zero-order valence-electron chi connectivity index (χ0n) is 10.2. The molecule has 0 bridgehead atoms. The lowest BCUT2D eigenvalue weighted by molar-refractivity contribution is 0.00353. The zero-order chi connectivity index (χ0) is 12.3. The second-order valence-electron chi connectivity index (χ2n) is 4.46. The Morgan fingerprint density at radius 2 is 2.35 bits per heavy atom. The number of anilines is 1. The Hall–Kier alpha value is -1.10. The highest BCUT2D eigenvalue weighted by Crippen LogP contribution is 2.23. The summed E-state index contributed by atoms with van der Waals surface area (Å²) in [6.45, 7) is 4.92. The van der Waals surface area contributed by atoms with Gasteiger partial charge in [-0.3, -0.25) is 0 Å². The lowest BCUT2D eigenvalue weighted by Gasteiger charge is -2.35. The van der Waals surface area contributed by atoms with Crippen LogP contribution in [0, 0.1) is 6.92 Å². The summed E-state index contributed by atoms with van der Waals surface area (Å²) in [7, 11) is 0. The van der Waals surface area contributed by atoms with Gasteiger partial charge < -0.3 is 20.5 Å². The van der Waals surface area contributed by atoms with Crippen molar-refractivity contribution in [1.82, 2.24) is 0 Å². The fourth-order valence-corrected chi connectivity index (χ4v) is 2.23. The molecule has 2 rings (SSSR count). The number of hydrogen-bond acceptors (Lipinski definition) is 4. The van der Waals surface area contributed by atoms with Crippen molar-refractivity contribution in [1.29, 1.82) is 0 Å². The number of morpholine rings is 1. The van der Waals surface area contributed by atoms with Crippen LogP contribution in [0.5, 0.6) is 0 Å². The Morgan fingerprint density at radius 3 is 3.06 bits per heavy atom. The third kappa shape index (κ3) is 2.77. The Kier molecular flexibility index (Phi) is 3.99. The van der Waals surface area contributed by atoms with E-state index in [0.29, 0.717) is 13.2 Å². The van der Waals surface area contributed by atoms with Crippen LogP contribution < -0.4 is 10.6 Å². The predicted molar refractivity (Wildman–Crippen MR) is 68.1 cm³/mol. The SMILES string of the molecule is Cc1ccc(N2CCOC(CO)C2)c(CN)c1. The monoisotopic (exact) mass is 236 g/mol. The molecule has 1 heterocycles. The first-order valence-corrected chi connectivity index (χ1v) is 6.01. The average Bonchev–Trinajstić information content (AvgIpc) is 2.38. The van der Waals surface area contributed by atoms with Crippen molar-refractivity contribution >= 4 is 5.69 Å². The minimum atomic E-state index is -0.0873. The number of aliphatic hydroxyl groups is 1. The van der Waals surface area contributed by atoms with Crippen LogP contribution in [-0.4, -0.2) is 37.5 Å². The average molecular weight is 236 g/mol. The molecular formula is C13H20N2O2. The number of aliphatic hydroxyl groups excluding tert-OH is 1. The Bertz CT molecular complexity index is 382. The van der Waals surface area contributed by atoms with Gasteiger partial charge in [-0.15, -0.1) is 0 Å². The van der Waals surface area contributed by atoms with E-state index in [0.717, 1.165) is 18.7 Å². The standard InChI is InChI=1S/C13H20N2O2/c1-10-2-3-13(11(6-10)7-14)15-4-5-17-12(8-15)9-16/h2-3,6,12,16H,4-5,7-9,14H2,1H3. The maximum Gasteiger partial charge on any atom is 0.0980 e. The van der Waals surface area contributed by atoms with E-state index < -0.39 is 0 Å². The van der Waals surface area contributed by atoms with Crippen LogP contribution in [0.1, 0.15) is 11.1 Å². The molecule has 0 spiro atoms. The Balaban J connectivity index is 2.20. The van der Waals surface area contributed by atoms with Crippen molar-refractivity contribution in [2.45, 2.75) is 19.6 Å². The quantitative estimate of drug-likeness (QED) is 0.809. The molecule has 1 aromatic rings. The molecule has 1 aromatic carbocycles. The molecule has 0 aliphatic carbocycles. The topological polar surface area (TPSA) is 58.7 Å². The molecule has 3 N–H and O–H groups in total. The fourth-order valence-electron chi connectivity index (χ4n) is 2.23. The summed E-state index contributed by atoms with van der Waals surface area (Å²) in [6.07, 6.45) is -0.0873. The van der Waals surface area contributed by atoms with Crippen LogP contribution in [0.15, 0.2) is 18.2 Å². The van der Waals surface area contributed by atoms with Gasteiger partial charge in [0.15, 0.2) is 0 Å². The van der Waals surface area contributed by atoms with E-state index in [2.05, 4.69) is 30.0 Å². The van der Waals surface area contributed by atoms with Crippen LogP contribution in [0.3, 0.4) is 0 Å². The maximum absolute atomic E-state index is 9.15. The van der Waals surface area contributed by atoms with Gasteiger partial charge in [0.05, 0.1) is 19.3 Å². The first kappa shape index (κ1) is 12.4. The van der Waals surface area contributed by atoms with Crippen molar-refractivity contribution in [3.8, 4) is 0 Å². The van der Waals surface area contributed by atoms with Gasteiger partial charge in [0.25, 0.3) is 0 Å². The largest absolute Gasteiger partial charge is 0.394 e. The summed E-state index contributed by atoms with van der Waals surface area (Å²) in [4.78, 5) is 2.24. The summed E-state index contributed by atoms with van der Waals surface area (Å²) in [6, 6.07) is 6.33. The van der Waals surface area contributed by atoms with Crippen molar-refractivity contribution in [2.75, 3.05) is 31.2 Å². The zero-order valence-corrected chi connectivity index (χ0v) is 10.2. The van der Waals surface area contributed by atoms with E-state index >= 15 is 0 Å². The molecule has 0 aromatic heterocycles. The van der Waals surface area contributed by atoms with Crippen LogP contribution >= 0.6 is 0 Å². The molecule has 17 heavy (non-hydrogen) atoms. The summed E-state index contributed by atoms with van der Waals surface area (Å²) >= 11 is 0. The van der Waals surface area contributed by atoms with Gasteiger partial charge in [0.2, 0.25) is 0 Å². The van der Waals surface area contributed by atoms with Crippen LogP contribution in [0.25, 0.3) is 0 Å². The van der Waals surface area contributed by atoms with Crippen LogP contribution in [0.2, 0.25) is 0 Å². The minimum Gasteiger partial charge on any atom is -0.394 e. The number of rotatable bonds is 3. The molecule has 1 saturated heterocycles. The van der Waals surface area contributed by atoms with E-state index in [1.54, 1.807) is 0 Å². The highest BCUT2D eigenvalue weighted by Gasteiger charge is 2.21. The smallest absolute Gasteiger partial charge is 0.0980 e. The lowest BCUT2D eigenvalue weighted by atomic mass is 10.1. The summed E-state index contributed by atoms with van der Waals surface area (Å²) < 4.78 is 5.45. The van der Waals surface area contributed by atoms with Gasteiger partial charge in [-0.05, 0) is 18.6 Å². The molecule has 0 radical (unpaired) electrons. The van der Waals surface area contributed by atoms with E-state index in [4.69, 9.17) is 15.6 Å². The van der Waals surface area contributed by atoms with E-state index in [9.17, 15) is 0 Å². The molecule has 0 saturated carbocycles. The molecule has 4 heteroatoms. The summed E-state index contributed by atoms with van der Waals surface area (Å²) in [5.74, 6) is 0. The second-order valence-corrected chi connectivity index (χ2v) is 4.46.